The Morgan fingerprint density at radius 1 is 1.03 bits per heavy atom. The molecule has 7 heteroatoms. The third-order valence-corrected chi connectivity index (χ3v) is 4.57. The molecule has 0 radical (unpaired) electrons. The van der Waals surface area contributed by atoms with E-state index in [9.17, 15) is 9.18 Å². The molecule has 0 aliphatic heterocycles. The van der Waals surface area contributed by atoms with Gasteiger partial charge in [0.05, 0.1) is 0 Å². The summed E-state index contributed by atoms with van der Waals surface area (Å²) in [4.78, 5) is 22.9. The van der Waals surface area contributed by atoms with Gasteiger partial charge < -0.3 is 15.5 Å². The normalized spacial score (nSPS) is 10.4. The highest BCUT2D eigenvalue weighted by atomic mass is 19.1. The second kappa shape index (κ2) is 9.64. The summed E-state index contributed by atoms with van der Waals surface area (Å²) in [6.45, 7) is 6.31. The van der Waals surface area contributed by atoms with E-state index in [4.69, 9.17) is 0 Å². The Hall–Kier alpha value is -3.48. The highest BCUT2D eigenvalue weighted by molar-refractivity contribution is 6.03. The molecule has 0 bridgehead atoms. The summed E-state index contributed by atoms with van der Waals surface area (Å²) in [5.74, 6) is -0.178. The Morgan fingerprint density at radius 2 is 1.76 bits per heavy atom. The van der Waals surface area contributed by atoms with E-state index >= 15 is 0 Å². The van der Waals surface area contributed by atoms with Gasteiger partial charge in [0.1, 0.15) is 23.7 Å². The molecule has 3 rings (SSSR count). The molecule has 0 fully saturated rings. The summed E-state index contributed by atoms with van der Waals surface area (Å²) in [5, 5.41) is 5.85. The number of carbonyl (C=O) groups excluding carboxylic acids is 1. The molecule has 1 aromatic heterocycles. The molecule has 29 heavy (non-hydrogen) atoms. The topological polar surface area (TPSA) is 70.2 Å². The molecule has 3 aromatic rings. The number of halogens is 1. The van der Waals surface area contributed by atoms with Crippen LogP contribution in [-0.2, 0) is 6.54 Å². The van der Waals surface area contributed by atoms with Gasteiger partial charge in [0, 0.05) is 42.6 Å². The van der Waals surface area contributed by atoms with Crippen LogP contribution in [0.1, 0.15) is 29.9 Å². The molecule has 150 valence electrons. The van der Waals surface area contributed by atoms with Gasteiger partial charge in [0.15, 0.2) is 0 Å². The van der Waals surface area contributed by atoms with Crippen LogP contribution in [0, 0.1) is 5.82 Å². The van der Waals surface area contributed by atoms with Crippen molar-refractivity contribution < 1.29 is 9.18 Å². The van der Waals surface area contributed by atoms with E-state index in [-0.39, 0.29) is 24.0 Å². The van der Waals surface area contributed by atoms with Crippen molar-refractivity contribution in [1.29, 1.82) is 0 Å². The second-order valence-corrected chi connectivity index (χ2v) is 6.41. The molecule has 0 aliphatic carbocycles. The molecule has 0 saturated heterocycles. The van der Waals surface area contributed by atoms with Crippen LogP contribution in [0.15, 0.2) is 60.9 Å². The predicted octanol–water partition coefficient (Wildman–Crippen LogP) is 4.33. The van der Waals surface area contributed by atoms with E-state index < -0.39 is 0 Å². The zero-order valence-electron chi connectivity index (χ0n) is 16.5. The molecule has 2 N–H and O–H groups in total. The molecule has 6 nitrogen and oxygen atoms in total. The molecule has 2 aromatic carbocycles. The lowest BCUT2D eigenvalue weighted by Crippen LogP contribution is -2.21. The molecule has 0 aliphatic rings. The fourth-order valence-electron chi connectivity index (χ4n) is 2.95. The summed E-state index contributed by atoms with van der Waals surface area (Å²) < 4.78 is 13.7. The van der Waals surface area contributed by atoms with Crippen LogP contribution >= 0.6 is 0 Å². The fraction of sp³-hybridized carbons (Fsp3) is 0.227. The van der Waals surface area contributed by atoms with Gasteiger partial charge in [-0.15, -0.1) is 0 Å². The van der Waals surface area contributed by atoms with E-state index in [1.54, 1.807) is 24.3 Å². The van der Waals surface area contributed by atoms with Crippen molar-refractivity contribution in [1.82, 2.24) is 9.97 Å². The first kappa shape index (κ1) is 20.3. The summed E-state index contributed by atoms with van der Waals surface area (Å²) >= 11 is 0. The molecule has 0 atom stereocenters. The van der Waals surface area contributed by atoms with Crippen molar-refractivity contribution in [3.05, 3.63) is 78.0 Å². The molecule has 0 unspecified atom stereocenters. The third-order valence-electron chi connectivity index (χ3n) is 4.57. The first-order valence-electron chi connectivity index (χ1n) is 9.56. The predicted molar refractivity (Wildman–Crippen MR) is 114 cm³/mol. The number of carbonyl (C=O) groups is 1. The van der Waals surface area contributed by atoms with Crippen LogP contribution in [0.3, 0.4) is 0 Å². The molecule has 0 saturated carbocycles. The van der Waals surface area contributed by atoms with E-state index in [1.165, 1.54) is 12.4 Å². The number of rotatable bonds is 8. The van der Waals surface area contributed by atoms with Crippen LogP contribution in [0.5, 0.6) is 0 Å². The third kappa shape index (κ3) is 5.28. The lowest BCUT2D eigenvalue weighted by atomic mass is 10.2. The molecular weight excluding hydrogens is 369 g/mol. The fourth-order valence-corrected chi connectivity index (χ4v) is 2.95. The van der Waals surface area contributed by atoms with Gasteiger partial charge in [-0.25, -0.2) is 14.4 Å². The van der Waals surface area contributed by atoms with E-state index in [1.807, 2.05) is 24.3 Å². The Labute approximate surface area is 169 Å². The molecule has 1 amide bonds. The summed E-state index contributed by atoms with van der Waals surface area (Å²) in [6, 6.07) is 15.7. The lowest BCUT2D eigenvalue weighted by molar-refractivity contribution is 0.102. The number of benzene rings is 2. The maximum atomic E-state index is 13.7. The van der Waals surface area contributed by atoms with Crippen molar-refractivity contribution >= 4 is 23.1 Å². The summed E-state index contributed by atoms with van der Waals surface area (Å²) in [7, 11) is 0. The summed E-state index contributed by atoms with van der Waals surface area (Å²) in [6.07, 6.45) is 1.31. The number of nitrogens with zero attached hydrogens (tertiary/aromatic N) is 3. The van der Waals surface area contributed by atoms with Crippen LogP contribution in [0.25, 0.3) is 0 Å². The SMILES string of the molecule is CCN(CC)c1ccc(NC(=O)c2cc(NCc3ccccc3F)ncn2)cc1. The monoisotopic (exact) mass is 393 g/mol. The first-order chi connectivity index (χ1) is 14.1. The largest absolute Gasteiger partial charge is 0.372 e. The first-order valence-corrected chi connectivity index (χ1v) is 9.56. The number of nitrogens with one attached hydrogen (secondary N) is 2. The standard InChI is InChI=1S/C22H24FN5O/c1-3-28(4-2)18-11-9-17(10-12-18)27-22(29)20-13-21(26-15-25-20)24-14-16-7-5-6-8-19(16)23/h5-13,15H,3-4,14H2,1-2H3,(H,27,29)(H,24,25,26). The van der Waals surface area contributed by atoms with Gasteiger partial charge in [-0.1, -0.05) is 18.2 Å². The average Bonchev–Trinajstić information content (AvgIpc) is 2.75. The average molecular weight is 393 g/mol. The minimum absolute atomic E-state index is 0.226. The minimum atomic E-state index is -0.336. The van der Waals surface area contributed by atoms with Crippen molar-refractivity contribution in [3.63, 3.8) is 0 Å². The van der Waals surface area contributed by atoms with Crippen molar-refractivity contribution in [2.24, 2.45) is 0 Å². The number of aromatic nitrogens is 2. The van der Waals surface area contributed by atoms with Crippen LogP contribution in [-0.4, -0.2) is 29.0 Å². The van der Waals surface area contributed by atoms with Gasteiger partial charge in [-0.2, -0.15) is 0 Å². The van der Waals surface area contributed by atoms with Gasteiger partial charge in [-0.3, -0.25) is 4.79 Å². The van der Waals surface area contributed by atoms with Gasteiger partial charge in [0.25, 0.3) is 5.91 Å². The van der Waals surface area contributed by atoms with Crippen molar-refractivity contribution in [2.75, 3.05) is 28.6 Å². The van der Waals surface area contributed by atoms with E-state index in [0.717, 1.165) is 18.8 Å². The van der Waals surface area contributed by atoms with Crippen molar-refractivity contribution in [3.8, 4) is 0 Å². The Kier molecular flexibility index (Phi) is 6.73. The van der Waals surface area contributed by atoms with Crippen LogP contribution in [0.4, 0.5) is 21.6 Å². The highest BCUT2D eigenvalue weighted by Gasteiger charge is 2.10. The number of amides is 1. The zero-order valence-corrected chi connectivity index (χ0v) is 16.5. The van der Waals surface area contributed by atoms with Gasteiger partial charge in [-0.05, 0) is 44.2 Å². The van der Waals surface area contributed by atoms with E-state index in [0.29, 0.717) is 17.1 Å². The molecule has 1 heterocycles. The van der Waals surface area contributed by atoms with Gasteiger partial charge in [0.2, 0.25) is 0 Å². The Bertz CT molecular complexity index is 957. The van der Waals surface area contributed by atoms with Gasteiger partial charge >= 0.3 is 0 Å². The highest BCUT2D eigenvalue weighted by Crippen LogP contribution is 2.18. The zero-order chi connectivity index (χ0) is 20.6. The maximum Gasteiger partial charge on any atom is 0.274 e. The summed E-state index contributed by atoms with van der Waals surface area (Å²) in [5.41, 5.74) is 2.54. The maximum absolute atomic E-state index is 13.7. The smallest absolute Gasteiger partial charge is 0.274 e. The lowest BCUT2D eigenvalue weighted by Gasteiger charge is -2.21. The van der Waals surface area contributed by atoms with E-state index in [2.05, 4.69) is 39.3 Å². The van der Waals surface area contributed by atoms with Crippen LogP contribution in [0.2, 0.25) is 0 Å². The Morgan fingerprint density at radius 3 is 2.45 bits per heavy atom. The molecule has 0 spiro atoms. The Balaban J connectivity index is 1.64. The number of hydrogen-bond donors (Lipinski definition) is 2. The quantitative estimate of drug-likeness (QED) is 0.596. The second-order valence-electron chi connectivity index (χ2n) is 6.41. The van der Waals surface area contributed by atoms with Crippen LogP contribution < -0.4 is 15.5 Å². The number of hydrogen-bond acceptors (Lipinski definition) is 5. The number of anilines is 3. The molecular formula is C22H24FN5O. The van der Waals surface area contributed by atoms with Crippen molar-refractivity contribution in [2.45, 2.75) is 20.4 Å². The minimum Gasteiger partial charge on any atom is -0.372 e.